The average molecular weight is 312 g/mol. The van der Waals surface area contributed by atoms with Crippen LogP contribution in [-0.2, 0) is 16.0 Å². The quantitative estimate of drug-likeness (QED) is 0.860. The minimum atomic E-state index is -0.128. The van der Waals surface area contributed by atoms with E-state index in [-0.39, 0.29) is 11.8 Å². The molecule has 0 aliphatic rings. The number of carbonyl (C=O) groups is 2. The molecule has 5 heteroatoms. The van der Waals surface area contributed by atoms with Crippen LogP contribution in [0.1, 0.15) is 19.4 Å². The topological polar surface area (TPSA) is 67.4 Å². The summed E-state index contributed by atoms with van der Waals surface area (Å²) >= 11 is 0. The first-order chi connectivity index (χ1) is 11.1. The van der Waals surface area contributed by atoms with Gasteiger partial charge in [0, 0.05) is 18.3 Å². The molecule has 2 aromatic rings. The molecule has 2 rings (SSSR count). The number of nitrogens with one attached hydrogen (secondary N) is 2. The average Bonchev–Trinajstić information content (AvgIpc) is 2.51. The van der Waals surface area contributed by atoms with Crippen LogP contribution in [0.3, 0.4) is 0 Å². The maximum atomic E-state index is 12.0. The summed E-state index contributed by atoms with van der Waals surface area (Å²) in [5, 5.41) is 5.51. The lowest BCUT2D eigenvalue weighted by molar-refractivity contribution is -0.116. The highest BCUT2D eigenvalue weighted by atomic mass is 16.5. The minimum Gasteiger partial charge on any atom is -0.494 e. The number of benzene rings is 2. The van der Waals surface area contributed by atoms with Crippen LogP contribution in [0.25, 0.3) is 0 Å². The maximum Gasteiger partial charge on any atom is 0.228 e. The van der Waals surface area contributed by atoms with Crippen molar-refractivity contribution in [2.75, 3.05) is 17.2 Å². The first-order valence-corrected chi connectivity index (χ1v) is 7.46. The fourth-order valence-corrected chi connectivity index (χ4v) is 2.10. The van der Waals surface area contributed by atoms with Gasteiger partial charge in [0.05, 0.1) is 13.0 Å². The summed E-state index contributed by atoms with van der Waals surface area (Å²) in [7, 11) is 0. The number of hydrogen-bond donors (Lipinski definition) is 2. The molecule has 0 bridgehead atoms. The molecule has 2 aromatic carbocycles. The van der Waals surface area contributed by atoms with E-state index in [2.05, 4.69) is 10.6 Å². The molecule has 0 aliphatic heterocycles. The van der Waals surface area contributed by atoms with Crippen molar-refractivity contribution in [3.05, 3.63) is 54.1 Å². The van der Waals surface area contributed by atoms with Crippen molar-refractivity contribution in [2.45, 2.75) is 20.3 Å². The van der Waals surface area contributed by atoms with Gasteiger partial charge in [0.1, 0.15) is 5.75 Å². The van der Waals surface area contributed by atoms with E-state index in [1.807, 2.05) is 31.2 Å². The van der Waals surface area contributed by atoms with E-state index in [0.717, 1.165) is 11.3 Å². The zero-order valence-corrected chi connectivity index (χ0v) is 13.3. The van der Waals surface area contributed by atoms with Gasteiger partial charge in [-0.25, -0.2) is 0 Å². The van der Waals surface area contributed by atoms with E-state index in [4.69, 9.17) is 4.74 Å². The summed E-state index contributed by atoms with van der Waals surface area (Å²) in [5.41, 5.74) is 2.30. The number of ether oxygens (including phenoxy) is 1. The van der Waals surface area contributed by atoms with E-state index >= 15 is 0 Å². The number of amides is 2. The second kappa shape index (κ2) is 7.98. The van der Waals surface area contributed by atoms with Gasteiger partial charge in [0.2, 0.25) is 11.8 Å². The maximum absolute atomic E-state index is 12.0. The lowest BCUT2D eigenvalue weighted by Gasteiger charge is -2.08. The molecular formula is C18H20N2O3. The Labute approximate surface area is 135 Å². The van der Waals surface area contributed by atoms with Crippen molar-refractivity contribution in [1.29, 1.82) is 0 Å². The predicted molar refractivity (Wildman–Crippen MR) is 90.7 cm³/mol. The van der Waals surface area contributed by atoms with Crippen molar-refractivity contribution < 1.29 is 14.3 Å². The van der Waals surface area contributed by atoms with E-state index in [1.165, 1.54) is 6.92 Å². The Balaban J connectivity index is 1.90. The van der Waals surface area contributed by atoms with Crippen molar-refractivity contribution in [1.82, 2.24) is 0 Å². The largest absolute Gasteiger partial charge is 0.494 e. The third-order valence-corrected chi connectivity index (χ3v) is 3.09. The SMILES string of the molecule is CCOc1ccc(CC(=O)Nc2ccc(NC(C)=O)cc2)cc1. The van der Waals surface area contributed by atoms with Gasteiger partial charge in [-0.1, -0.05) is 12.1 Å². The van der Waals surface area contributed by atoms with Crippen molar-refractivity contribution in [3.63, 3.8) is 0 Å². The van der Waals surface area contributed by atoms with Crippen molar-refractivity contribution >= 4 is 23.2 Å². The van der Waals surface area contributed by atoms with E-state index in [1.54, 1.807) is 24.3 Å². The summed E-state index contributed by atoms with van der Waals surface area (Å²) < 4.78 is 5.37. The van der Waals surface area contributed by atoms with Crippen LogP contribution in [0.5, 0.6) is 5.75 Å². The smallest absolute Gasteiger partial charge is 0.228 e. The Morgan fingerprint density at radius 2 is 1.48 bits per heavy atom. The molecule has 0 aromatic heterocycles. The van der Waals surface area contributed by atoms with Gasteiger partial charge < -0.3 is 15.4 Å². The Morgan fingerprint density at radius 3 is 2.00 bits per heavy atom. The fourth-order valence-electron chi connectivity index (χ4n) is 2.10. The molecule has 0 atom stereocenters. The monoisotopic (exact) mass is 312 g/mol. The lowest BCUT2D eigenvalue weighted by atomic mass is 10.1. The Hall–Kier alpha value is -2.82. The third kappa shape index (κ3) is 5.47. The molecule has 23 heavy (non-hydrogen) atoms. The van der Waals surface area contributed by atoms with E-state index in [0.29, 0.717) is 24.4 Å². The molecule has 5 nitrogen and oxygen atoms in total. The molecule has 0 fully saturated rings. The zero-order valence-electron chi connectivity index (χ0n) is 13.3. The van der Waals surface area contributed by atoms with Crippen LogP contribution in [0.15, 0.2) is 48.5 Å². The Bertz CT molecular complexity index is 664. The number of carbonyl (C=O) groups excluding carboxylic acids is 2. The Kier molecular flexibility index (Phi) is 5.74. The zero-order chi connectivity index (χ0) is 16.7. The van der Waals surface area contributed by atoms with Crippen LogP contribution in [-0.4, -0.2) is 18.4 Å². The highest BCUT2D eigenvalue weighted by Gasteiger charge is 2.05. The van der Waals surface area contributed by atoms with E-state index < -0.39 is 0 Å². The minimum absolute atomic E-state index is 0.0959. The number of hydrogen-bond acceptors (Lipinski definition) is 3. The first-order valence-electron chi connectivity index (χ1n) is 7.46. The summed E-state index contributed by atoms with van der Waals surface area (Å²) in [6.45, 7) is 4.00. The molecule has 0 spiro atoms. The summed E-state index contributed by atoms with van der Waals surface area (Å²) in [5.74, 6) is 0.573. The molecule has 0 saturated carbocycles. The predicted octanol–water partition coefficient (Wildman–Crippen LogP) is 3.22. The Morgan fingerprint density at radius 1 is 0.913 bits per heavy atom. The normalized spacial score (nSPS) is 10.0. The second-order valence-corrected chi connectivity index (χ2v) is 5.06. The second-order valence-electron chi connectivity index (χ2n) is 5.06. The van der Waals surface area contributed by atoms with E-state index in [9.17, 15) is 9.59 Å². The van der Waals surface area contributed by atoms with Crippen LogP contribution < -0.4 is 15.4 Å². The molecule has 0 saturated heterocycles. The van der Waals surface area contributed by atoms with Gasteiger partial charge in [-0.3, -0.25) is 9.59 Å². The molecular weight excluding hydrogens is 292 g/mol. The van der Waals surface area contributed by atoms with Crippen LogP contribution >= 0.6 is 0 Å². The number of anilines is 2. The summed E-state index contributed by atoms with van der Waals surface area (Å²) in [6.07, 6.45) is 0.292. The van der Waals surface area contributed by atoms with Crippen LogP contribution in [0, 0.1) is 0 Å². The fraction of sp³-hybridized carbons (Fsp3) is 0.222. The van der Waals surface area contributed by atoms with Crippen molar-refractivity contribution in [3.8, 4) is 5.75 Å². The van der Waals surface area contributed by atoms with Gasteiger partial charge in [0.15, 0.2) is 0 Å². The highest BCUT2D eigenvalue weighted by molar-refractivity contribution is 5.93. The molecule has 0 aliphatic carbocycles. The molecule has 2 N–H and O–H groups in total. The highest BCUT2D eigenvalue weighted by Crippen LogP contribution is 2.15. The van der Waals surface area contributed by atoms with Gasteiger partial charge >= 0.3 is 0 Å². The first kappa shape index (κ1) is 16.5. The molecule has 0 heterocycles. The molecule has 120 valence electrons. The van der Waals surface area contributed by atoms with Crippen LogP contribution in [0.2, 0.25) is 0 Å². The summed E-state index contributed by atoms with van der Waals surface area (Å²) in [6, 6.07) is 14.5. The summed E-state index contributed by atoms with van der Waals surface area (Å²) in [4.78, 5) is 23.0. The van der Waals surface area contributed by atoms with Gasteiger partial charge in [-0.15, -0.1) is 0 Å². The van der Waals surface area contributed by atoms with Gasteiger partial charge in [-0.2, -0.15) is 0 Å². The van der Waals surface area contributed by atoms with Crippen molar-refractivity contribution in [2.24, 2.45) is 0 Å². The van der Waals surface area contributed by atoms with Crippen LogP contribution in [0.4, 0.5) is 11.4 Å². The molecule has 0 radical (unpaired) electrons. The van der Waals surface area contributed by atoms with Gasteiger partial charge in [0.25, 0.3) is 0 Å². The van der Waals surface area contributed by atoms with Gasteiger partial charge in [-0.05, 0) is 48.9 Å². The molecule has 0 unspecified atom stereocenters. The lowest BCUT2D eigenvalue weighted by Crippen LogP contribution is -2.14. The molecule has 2 amide bonds. The standard InChI is InChI=1S/C18H20N2O3/c1-3-23-17-10-4-14(5-11-17)12-18(22)20-16-8-6-15(7-9-16)19-13(2)21/h4-11H,3,12H2,1-2H3,(H,19,21)(H,20,22). The third-order valence-electron chi connectivity index (χ3n) is 3.09. The number of rotatable bonds is 6.